The SMILES string of the molecule is Cc1csc(SCc2cccc(F)c2)n1. The molecule has 1 aromatic heterocycles. The van der Waals surface area contributed by atoms with Gasteiger partial charge in [-0.1, -0.05) is 23.9 Å². The van der Waals surface area contributed by atoms with Gasteiger partial charge in [0.1, 0.15) is 10.2 Å². The van der Waals surface area contributed by atoms with Crippen molar-refractivity contribution in [3.05, 3.63) is 46.7 Å². The lowest BCUT2D eigenvalue weighted by Gasteiger charge is -1.98. The number of halogens is 1. The summed E-state index contributed by atoms with van der Waals surface area (Å²) in [5.41, 5.74) is 2.04. The van der Waals surface area contributed by atoms with Gasteiger partial charge in [-0.05, 0) is 24.6 Å². The Morgan fingerprint density at radius 2 is 2.33 bits per heavy atom. The third kappa shape index (κ3) is 3.04. The fourth-order valence-corrected chi connectivity index (χ4v) is 2.96. The maximum Gasteiger partial charge on any atom is 0.150 e. The zero-order valence-electron chi connectivity index (χ0n) is 8.24. The molecule has 78 valence electrons. The summed E-state index contributed by atoms with van der Waals surface area (Å²) >= 11 is 3.27. The standard InChI is InChI=1S/C11H10FNS2/c1-8-6-14-11(13-8)15-7-9-3-2-4-10(12)5-9/h2-6H,7H2,1H3. The van der Waals surface area contributed by atoms with E-state index in [0.717, 1.165) is 21.3 Å². The fourth-order valence-electron chi connectivity index (χ4n) is 1.17. The number of thioether (sulfide) groups is 1. The number of nitrogens with zero attached hydrogens (tertiary/aromatic N) is 1. The normalized spacial score (nSPS) is 10.5. The van der Waals surface area contributed by atoms with E-state index in [1.165, 1.54) is 6.07 Å². The molecule has 0 aliphatic carbocycles. The summed E-state index contributed by atoms with van der Waals surface area (Å²) < 4.78 is 13.9. The molecule has 0 aliphatic rings. The van der Waals surface area contributed by atoms with Crippen LogP contribution in [0.15, 0.2) is 34.0 Å². The summed E-state index contributed by atoms with van der Waals surface area (Å²) in [6, 6.07) is 6.68. The summed E-state index contributed by atoms with van der Waals surface area (Å²) in [6.07, 6.45) is 0. The van der Waals surface area contributed by atoms with Gasteiger partial charge in [0.2, 0.25) is 0 Å². The zero-order valence-corrected chi connectivity index (χ0v) is 9.87. The summed E-state index contributed by atoms with van der Waals surface area (Å²) in [7, 11) is 0. The lowest BCUT2D eigenvalue weighted by atomic mass is 10.2. The third-order valence-electron chi connectivity index (χ3n) is 1.85. The van der Waals surface area contributed by atoms with E-state index in [9.17, 15) is 4.39 Å². The lowest BCUT2D eigenvalue weighted by molar-refractivity contribution is 0.626. The Morgan fingerprint density at radius 1 is 1.47 bits per heavy atom. The molecule has 0 amide bonds. The second kappa shape index (κ2) is 4.77. The van der Waals surface area contributed by atoms with Gasteiger partial charge >= 0.3 is 0 Å². The number of aryl methyl sites for hydroxylation is 1. The molecule has 15 heavy (non-hydrogen) atoms. The summed E-state index contributed by atoms with van der Waals surface area (Å²) in [6.45, 7) is 1.97. The van der Waals surface area contributed by atoms with Crippen molar-refractivity contribution in [2.24, 2.45) is 0 Å². The Hall–Kier alpha value is -0.870. The average molecular weight is 239 g/mol. The van der Waals surface area contributed by atoms with Crippen LogP contribution in [0, 0.1) is 12.7 Å². The van der Waals surface area contributed by atoms with Gasteiger partial charge in [-0.25, -0.2) is 9.37 Å². The largest absolute Gasteiger partial charge is 0.235 e. The van der Waals surface area contributed by atoms with Gasteiger partial charge < -0.3 is 0 Å². The number of hydrogen-bond acceptors (Lipinski definition) is 3. The summed E-state index contributed by atoms with van der Waals surface area (Å²) in [5.74, 6) is 0.591. The highest BCUT2D eigenvalue weighted by Crippen LogP contribution is 2.25. The van der Waals surface area contributed by atoms with Gasteiger partial charge in [-0.2, -0.15) is 0 Å². The number of rotatable bonds is 3. The second-order valence-electron chi connectivity index (χ2n) is 3.17. The van der Waals surface area contributed by atoms with Crippen molar-refractivity contribution in [1.82, 2.24) is 4.98 Å². The van der Waals surface area contributed by atoms with Crippen LogP contribution in [0.25, 0.3) is 0 Å². The predicted octanol–water partition coefficient (Wildman–Crippen LogP) is 3.88. The number of benzene rings is 1. The maximum atomic E-state index is 12.9. The van der Waals surface area contributed by atoms with Gasteiger partial charge in [-0.15, -0.1) is 11.3 Å². The molecular weight excluding hydrogens is 229 g/mol. The molecule has 0 radical (unpaired) electrons. The van der Waals surface area contributed by atoms with Crippen LogP contribution < -0.4 is 0 Å². The minimum Gasteiger partial charge on any atom is -0.235 e. The minimum absolute atomic E-state index is 0.177. The highest BCUT2D eigenvalue weighted by Gasteiger charge is 2.01. The van der Waals surface area contributed by atoms with Crippen molar-refractivity contribution in [2.45, 2.75) is 17.0 Å². The fraction of sp³-hybridized carbons (Fsp3) is 0.182. The molecule has 0 N–H and O–H groups in total. The average Bonchev–Trinajstić information content (AvgIpc) is 2.62. The van der Waals surface area contributed by atoms with Crippen LogP contribution in [-0.2, 0) is 5.75 Å². The molecule has 2 rings (SSSR count). The van der Waals surface area contributed by atoms with Crippen molar-refractivity contribution in [3.63, 3.8) is 0 Å². The second-order valence-corrected chi connectivity index (χ2v) is 5.25. The first-order valence-corrected chi connectivity index (χ1v) is 6.40. The summed E-state index contributed by atoms with van der Waals surface area (Å²) in [4.78, 5) is 4.34. The summed E-state index contributed by atoms with van der Waals surface area (Å²) in [5, 5.41) is 2.02. The van der Waals surface area contributed by atoms with E-state index in [1.54, 1.807) is 35.2 Å². The molecular formula is C11H10FNS2. The van der Waals surface area contributed by atoms with Crippen LogP contribution in [0.1, 0.15) is 11.3 Å². The minimum atomic E-state index is -0.177. The van der Waals surface area contributed by atoms with E-state index in [1.807, 2.05) is 18.4 Å². The smallest absolute Gasteiger partial charge is 0.150 e. The maximum absolute atomic E-state index is 12.9. The molecule has 0 saturated carbocycles. The van der Waals surface area contributed by atoms with Gasteiger partial charge in [0.15, 0.2) is 0 Å². The Balaban J connectivity index is 1.99. The molecule has 0 saturated heterocycles. The van der Waals surface area contributed by atoms with Gasteiger partial charge in [0.05, 0.1) is 0 Å². The van der Waals surface area contributed by atoms with Crippen molar-refractivity contribution < 1.29 is 4.39 Å². The van der Waals surface area contributed by atoms with E-state index >= 15 is 0 Å². The topological polar surface area (TPSA) is 12.9 Å². The molecule has 0 aliphatic heterocycles. The van der Waals surface area contributed by atoms with Gasteiger partial charge in [0.25, 0.3) is 0 Å². The molecule has 4 heteroatoms. The highest BCUT2D eigenvalue weighted by molar-refractivity contribution is 8.00. The lowest BCUT2D eigenvalue weighted by Crippen LogP contribution is -1.82. The first-order valence-electron chi connectivity index (χ1n) is 4.53. The Morgan fingerprint density at radius 3 is 3.00 bits per heavy atom. The van der Waals surface area contributed by atoms with Crippen LogP contribution in [0.4, 0.5) is 4.39 Å². The first kappa shape index (κ1) is 10.6. The van der Waals surface area contributed by atoms with E-state index in [4.69, 9.17) is 0 Å². The Bertz CT molecular complexity index is 453. The molecule has 1 heterocycles. The van der Waals surface area contributed by atoms with E-state index < -0.39 is 0 Å². The quantitative estimate of drug-likeness (QED) is 0.754. The third-order valence-corrected chi connectivity index (χ3v) is 4.06. The van der Waals surface area contributed by atoms with Crippen LogP contribution in [0.5, 0.6) is 0 Å². The molecule has 0 spiro atoms. The molecule has 1 aromatic carbocycles. The van der Waals surface area contributed by atoms with Crippen LogP contribution in [-0.4, -0.2) is 4.98 Å². The van der Waals surface area contributed by atoms with E-state index in [2.05, 4.69) is 4.98 Å². The predicted molar refractivity (Wildman–Crippen MR) is 62.8 cm³/mol. The van der Waals surface area contributed by atoms with Crippen molar-refractivity contribution in [2.75, 3.05) is 0 Å². The molecule has 2 aromatic rings. The Kier molecular flexibility index (Phi) is 3.38. The van der Waals surface area contributed by atoms with Gasteiger partial charge in [-0.3, -0.25) is 0 Å². The van der Waals surface area contributed by atoms with Crippen LogP contribution in [0.2, 0.25) is 0 Å². The van der Waals surface area contributed by atoms with Crippen molar-refractivity contribution in [1.29, 1.82) is 0 Å². The number of thiazole rings is 1. The van der Waals surface area contributed by atoms with Crippen LogP contribution >= 0.6 is 23.1 Å². The first-order chi connectivity index (χ1) is 7.24. The van der Waals surface area contributed by atoms with E-state index in [-0.39, 0.29) is 5.82 Å². The molecule has 0 fully saturated rings. The van der Waals surface area contributed by atoms with E-state index in [0.29, 0.717) is 0 Å². The van der Waals surface area contributed by atoms with Crippen molar-refractivity contribution >= 4 is 23.1 Å². The van der Waals surface area contributed by atoms with Crippen molar-refractivity contribution in [3.8, 4) is 0 Å². The molecule has 0 unspecified atom stereocenters. The molecule has 0 atom stereocenters. The number of hydrogen-bond donors (Lipinski definition) is 0. The highest BCUT2D eigenvalue weighted by atomic mass is 32.2. The Labute approximate surface area is 96.4 Å². The molecule has 1 nitrogen and oxygen atoms in total. The number of aromatic nitrogens is 1. The molecule has 0 bridgehead atoms. The zero-order chi connectivity index (χ0) is 10.7. The van der Waals surface area contributed by atoms with Crippen LogP contribution in [0.3, 0.4) is 0 Å². The van der Waals surface area contributed by atoms with Gasteiger partial charge in [0, 0.05) is 16.8 Å². The monoisotopic (exact) mass is 239 g/mol.